The zero-order valence-electron chi connectivity index (χ0n) is 10.6. The van der Waals surface area contributed by atoms with Crippen LogP contribution < -0.4 is 5.32 Å². The molecule has 0 bridgehead atoms. The van der Waals surface area contributed by atoms with Crippen LogP contribution in [0, 0.1) is 11.8 Å². The summed E-state index contributed by atoms with van der Waals surface area (Å²) in [5.41, 5.74) is 0. The zero-order valence-corrected chi connectivity index (χ0v) is 10.6. The molecule has 1 aliphatic rings. The van der Waals surface area contributed by atoms with Crippen LogP contribution in [-0.2, 0) is 4.74 Å². The van der Waals surface area contributed by atoms with E-state index < -0.39 is 0 Å². The van der Waals surface area contributed by atoms with E-state index >= 15 is 0 Å². The number of hydrogen-bond donors (Lipinski definition) is 1. The second-order valence-corrected chi connectivity index (χ2v) is 5.09. The zero-order chi connectivity index (χ0) is 11.1. The van der Waals surface area contributed by atoms with Gasteiger partial charge in [0.25, 0.3) is 0 Å². The van der Waals surface area contributed by atoms with Crippen molar-refractivity contribution in [1.82, 2.24) is 5.32 Å². The summed E-state index contributed by atoms with van der Waals surface area (Å²) in [6, 6.07) is 0.771. The molecular weight excluding hydrogens is 186 g/mol. The second-order valence-electron chi connectivity index (χ2n) is 5.09. The molecule has 0 amide bonds. The van der Waals surface area contributed by atoms with Crippen molar-refractivity contribution in [1.29, 1.82) is 0 Å². The first-order valence-electron chi connectivity index (χ1n) is 6.55. The minimum atomic E-state index is 0.771. The van der Waals surface area contributed by atoms with Crippen LogP contribution in [-0.4, -0.2) is 25.8 Å². The fourth-order valence-electron chi connectivity index (χ4n) is 2.06. The molecule has 90 valence electrons. The van der Waals surface area contributed by atoms with Crippen molar-refractivity contribution in [2.75, 3.05) is 19.8 Å². The first-order valence-corrected chi connectivity index (χ1v) is 6.55. The highest BCUT2D eigenvalue weighted by atomic mass is 16.5. The lowest BCUT2D eigenvalue weighted by Gasteiger charge is -2.38. The lowest BCUT2D eigenvalue weighted by Crippen LogP contribution is -2.44. The Morgan fingerprint density at radius 3 is 2.60 bits per heavy atom. The van der Waals surface area contributed by atoms with Gasteiger partial charge in [0, 0.05) is 19.2 Å². The van der Waals surface area contributed by atoms with E-state index in [1.807, 2.05) is 0 Å². The molecule has 0 radical (unpaired) electrons. The van der Waals surface area contributed by atoms with Crippen molar-refractivity contribution >= 4 is 0 Å². The number of nitrogens with one attached hydrogen (secondary N) is 1. The van der Waals surface area contributed by atoms with Crippen LogP contribution in [0.4, 0.5) is 0 Å². The predicted molar refractivity (Wildman–Crippen MR) is 65.1 cm³/mol. The molecule has 0 spiro atoms. The molecule has 1 aliphatic carbocycles. The van der Waals surface area contributed by atoms with E-state index in [-0.39, 0.29) is 0 Å². The highest BCUT2D eigenvalue weighted by Gasteiger charge is 2.30. The molecule has 2 nitrogen and oxygen atoms in total. The van der Waals surface area contributed by atoms with E-state index in [1.165, 1.54) is 25.7 Å². The molecule has 0 saturated heterocycles. The van der Waals surface area contributed by atoms with Crippen LogP contribution >= 0.6 is 0 Å². The Kier molecular flexibility index (Phi) is 6.26. The highest BCUT2D eigenvalue weighted by Crippen LogP contribution is 2.33. The first kappa shape index (κ1) is 13.0. The van der Waals surface area contributed by atoms with Crippen molar-refractivity contribution in [3.63, 3.8) is 0 Å². The van der Waals surface area contributed by atoms with Gasteiger partial charge in [0.1, 0.15) is 0 Å². The van der Waals surface area contributed by atoms with Gasteiger partial charge in [-0.1, -0.05) is 27.2 Å². The van der Waals surface area contributed by atoms with Gasteiger partial charge >= 0.3 is 0 Å². The Hall–Kier alpha value is -0.0800. The van der Waals surface area contributed by atoms with E-state index in [2.05, 4.69) is 26.1 Å². The molecule has 0 aliphatic heterocycles. The molecule has 1 fully saturated rings. The summed E-state index contributed by atoms with van der Waals surface area (Å²) in [4.78, 5) is 0. The number of rotatable bonds is 8. The van der Waals surface area contributed by atoms with Crippen LogP contribution in [0.5, 0.6) is 0 Å². The lowest BCUT2D eigenvalue weighted by molar-refractivity contribution is 0.115. The highest BCUT2D eigenvalue weighted by molar-refractivity contribution is 4.86. The predicted octanol–water partition coefficient (Wildman–Crippen LogP) is 2.83. The van der Waals surface area contributed by atoms with E-state index in [0.717, 1.165) is 37.6 Å². The monoisotopic (exact) mass is 213 g/mol. The van der Waals surface area contributed by atoms with Gasteiger partial charge in [-0.25, -0.2) is 0 Å². The molecule has 1 N–H and O–H groups in total. The fraction of sp³-hybridized carbons (Fsp3) is 1.00. The summed E-state index contributed by atoms with van der Waals surface area (Å²) in [5.74, 6) is 1.83. The van der Waals surface area contributed by atoms with Gasteiger partial charge < -0.3 is 10.1 Å². The molecule has 1 saturated carbocycles. The Balaban J connectivity index is 1.82. The van der Waals surface area contributed by atoms with Gasteiger partial charge in [0.2, 0.25) is 0 Å². The Morgan fingerprint density at radius 1 is 1.27 bits per heavy atom. The molecular formula is C13H27NO. The molecule has 0 atom stereocenters. The topological polar surface area (TPSA) is 21.3 Å². The van der Waals surface area contributed by atoms with Crippen molar-refractivity contribution in [3.8, 4) is 0 Å². The van der Waals surface area contributed by atoms with E-state index in [1.54, 1.807) is 0 Å². The summed E-state index contributed by atoms with van der Waals surface area (Å²) in [6.07, 6.45) is 5.16. The van der Waals surface area contributed by atoms with Crippen molar-refractivity contribution in [2.45, 2.75) is 52.5 Å². The molecule has 15 heavy (non-hydrogen) atoms. The maximum atomic E-state index is 5.50. The largest absolute Gasteiger partial charge is 0.380 e. The Bertz CT molecular complexity index is 153. The summed E-state index contributed by atoms with van der Waals surface area (Å²) < 4.78 is 5.50. The minimum absolute atomic E-state index is 0.771. The smallest absolute Gasteiger partial charge is 0.0590 e. The molecule has 0 aromatic carbocycles. The molecule has 0 heterocycles. The van der Waals surface area contributed by atoms with Gasteiger partial charge in [0.05, 0.1) is 6.61 Å². The third-order valence-electron chi connectivity index (χ3n) is 3.44. The van der Waals surface area contributed by atoms with Gasteiger partial charge in [-0.05, 0) is 31.1 Å². The fourth-order valence-corrected chi connectivity index (χ4v) is 2.06. The Morgan fingerprint density at radius 2 is 2.00 bits per heavy atom. The van der Waals surface area contributed by atoms with Crippen LogP contribution in [0.15, 0.2) is 0 Å². The normalized spacial score (nSPS) is 25.6. The molecule has 0 aromatic rings. The van der Waals surface area contributed by atoms with Crippen molar-refractivity contribution < 1.29 is 4.74 Å². The van der Waals surface area contributed by atoms with Gasteiger partial charge in [0.15, 0.2) is 0 Å². The van der Waals surface area contributed by atoms with E-state index in [4.69, 9.17) is 4.74 Å². The van der Waals surface area contributed by atoms with Crippen LogP contribution in [0.25, 0.3) is 0 Å². The van der Waals surface area contributed by atoms with E-state index in [9.17, 15) is 0 Å². The molecule has 0 aromatic heterocycles. The summed E-state index contributed by atoms with van der Waals surface area (Å²) in [7, 11) is 0. The minimum Gasteiger partial charge on any atom is -0.380 e. The van der Waals surface area contributed by atoms with Gasteiger partial charge in [-0.2, -0.15) is 0 Å². The van der Waals surface area contributed by atoms with Crippen molar-refractivity contribution in [2.24, 2.45) is 11.8 Å². The molecule has 1 rings (SSSR count). The number of unbranched alkanes of at least 4 members (excludes halogenated alkanes) is 1. The number of ether oxygens (including phenoxy) is 1. The standard InChI is InChI=1S/C13H27NO/c1-4-5-7-15-8-6-14-13-9-12(10-13)11(2)3/h11-14H,4-10H2,1-3H3. The quantitative estimate of drug-likeness (QED) is 0.626. The maximum absolute atomic E-state index is 5.50. The van der Waals surface area contributed by atoms with Crippen LogP contribution in [0.2, 0.25) is 0 Å². The van der Waals surface area contributed by atoms with Crippen LogP contribution in [0.1, 0.15) is 46.5 Å². The first-order chi connectivity index (χ1) is 7.24. The summed E-state index contributed by atoms with van der Waals surface area (Å²) >= 11 is 0. The number of hydrogen-bond acceptors (Lipinski definition) is 2. The van der Waals surface area contributed by atoms with E-state index in [0.29, 0.717) is 0 Å². The third-order valence-corrected chi connectivity index (χ3v) is 3.44. The van der Waals surface area contributed by atoms with Crippen molar-refractivity contribution in [3.05, 3.63) is 0 Å². The second kappa shape index (κ2) is 7.24. The van der Waals surface area contributed by atoms with Gasteiger partial charge in [-0.3, -0.25) is 0 Å². The third kappa shape index (κ3) is 4.98. The van der Waals surface area contributed by atoms with Crippen LogP contribution in [0.3, 0.4) is 0 Å². The summed E-state index contributed by atoms with van der Waals surface area (Å²) in [6.45, 7) is 9.69. The summed E-state index contributed by atoms with van der Waals surface area (Å²) in [5, 5.41) is 3.56. The Labute approximate surface area is 94.8 Å². The molecule has 0 unspecified atom stereocenters. The SMILES string of the molecule is CCCCOCCNC1CC(C(C)C)C1. The average Bonchev–Trinajstić information content (AvgIpc) is 2.12. The van der Waals surface area contributed by atoms with Gasteiger partial charge in [-0.15, -0.1) is 0 Å². The average molecular weight is 213 g/mol. The lowest BCUT2D eigenvalue weighted by atomic mass is 9.74. The maximum Gasteiger partial charge on any atom is 0.0590 e. The molecule has 2 heteroatoms.